The van der Waals surface area contributed by atoms with Gasteiger partial charge in [0.05, 0.1) is 35.5 Å². The molecule has 33 heavy (non-hydrogen) atoms. The molecule has 5 rings (SSSR count). The van der Waals surface area contributed by atoms with E-state index in [2.05, 4.69) is 62.7 Å². The molecule has 0 N–H and O–H groups in total. The predicted octanol–water partition coefficient (Wildman–Crippen LogP) is 5.04. The minimum absolute atomic E-state index is 0.257. The average Bonchev–Trinajstić information content (AvgIpc) is 3.20. The van der Waals surface area contributed by atoms with Crippen LogP contribution in [0.4, 0.5) is 0 Å². The molecule has 0 amide bonds. The third kappa shape index (κ3) is 3.89. The first-order chi connectivity index (χ1) is 15.7. The van der Waals surface area contributed by atoms with Crippen LogP contribution in [0.15, 0.2) is 48.7 Å². The largest absolute Gasteiger partial charge is 0.497 e. The topological polar surface area (TPSA) is 56.4 Å². The molecule has 3 aromatic rings. The molecule has 0 spiro atoms. The van der Waals surface area contributed by atoms with Crippen molar-refractivity contribution in [2.75, 3.05) is 0 Å². The zero-order valence-electron chi connectivity index (χ0n) is 20.1. The van der Waals surface area contributed by atoms with Crippen LogP contribution in [0.3, 0.4) is 0 Å². The fraction of sp³-hybridized carbons (Fsp3) is 0.444. The van der Waals surface area contributed by atoms with Gasteiger partial charge < -0.3 is 18.6 Å². The molecule has 1 aliphatic carbocycles. The van der Waals surface area contributed by atoms with Gasteiger partial charge in [-0.1, -0.05) is 30.3 Å². The first-order valence-corrected chi connectivity index (χ1v) is 11.7. The molecule has 2 aliphatic rings. The van der Waals surface area contributed by atoms with Crippen LogP contribution in [0, 0.1) is 18.3 Å². The zero-order valence-corrected chi connectivity index (χ0v) is 20.1. The van der Waals surface area contributed by atoms with Gasteiger partial charge in [-0.3, -0.25) is 0 Å². The number of nitriles is 1. The molecule has 0 radical (unpaired) electrons. The van der Waals surface area contributed by atoms with E-state index in [4.69, 9.17) is 14.0 Å². The lowest BCUT2D eigenvalue weighted by Gasteiger charge is -2.36. The van der Waals surface area contributed by atoms with E-state index in [9.17, 15) is 5.26 Å². The SMILES string of the molecule is Cc1cc2c(cc1C#N)c(B1OC(C)(C)C(C)(C)O1)cn2C1CC(OCc2ccccc2)C1. The van der Waals surface area contributed by atoms with Crippen LogP contribution in [0.1, 0.15) is 63.3 Å². The molecule has 2 heterocycles. The van der Waals surface area contributed by atoms with Gasteiger partial charge in [0.2, 0.25) is 0 Å². The van der Waals surface area contributed by atoms with Gasteiger partial charge in [-0.05, 0) is 70.7 Å². The molecule has 1 saturated heterocycles. The van der Waals surface area contributed by atoms with Gasteiger partial charge in [0.25, 0.3) is 0 Å². The van der Waals surface area contributed by atoms with Gasteiger partial charge in [-0.15, -0.1) is 0 Å². The number of nitrogens with zero attached hydrogens (tertiary/aromatic N) is 2. The normalized spacial score (nSPS) is 23.5. The number of ether oxygens (including phenoxy) is 1. The summed E-state index contributed by atoms with van der Waals surface area (Å²) in [4.78, 5) is 0. The van der Waals surface area contributed by atoms with E-state index in [0.29, 0.717) is 18.2 Å². The Kier molecular flexibility index (Phi) is 5.40. The van der Waals surface area contributed by atoms with Gasteiger partial charge in [0.15, 0.2) is 0 Å². The Morgan fingerprint density at radius 1 is 1.09 bits per heavy atom. The number of fused-ring (bicyclic) bond motifs is 1. The molecule has 6 heteroatoms. The second-order valence-corrected chi connectivity index (χ2v) is 10.4. The molecule has 2 aromatic carbocycles. The van der Waals surface area contributed by atoms with Crippen LogP contribution in [-0.2, 0) is 20.7 Å². The first-order valence-electron chi connectivity index (χ1n) is 11.7. The highest BCUT2D eigenvalue weighted by Gasteiger charge is 2.52. The zero-order chi connectivity index (χ0) is 23.4. The van der Waals surface area contributed by atoms with E-state index in [1.165, 1.54) is 5.56 Å². The van der Waals surface area contributed by atoms with Crippen molar-refractivity contribution in [3.05, 3.63) is 65.4 Å². The van der Waals surface area contributed by atoms with E-state index in [1.54, 1.807) is 0 Å². The smallest absolute Gasteiger partial charge is 0.399 e. The second-order valence-electron chi connectivity index (χ2n) is 10.4. The summed E-state index contributed by atoms with van der Waals surface area (Å²) < 4.78 is 21.2. The first kappa shape index (κ1) is 22.2. The molecular weight excluding hydrogens is 411 g/mol. The average molecular weight is 442 g/mol. The van der Waals surface area contributed by atoms with Crippen LogP contribution < -0.4 is 5.46 Å². The lowest BCUT2D eigenvalue weighted by Crippen LogP contribution is -2.41. The van der Waals surface area contributed by atoms with Crippen molar-refractivity contribution >= 4 is 23.5 Å². The number of rotatable bonds is 5. The minimum atomic E-state index is -0.460. The number of benzene rings is 2. The summed E-state index contributed by atoms with van der Waals surface area (Å²) in [5.74, 6) is 0. The lowest BCUT2D eigenvalue weighted by molar-refractivity contribution is -0.0346. The Labute approximate surface area is 196 Å². The fourth-order valence-corrected chi connectivity index (χ4v) is 4.70. The Balaban J connectivity index is 1.42. The van der Waals surface area contributed by atoms with E-state index in [0.717, 1.165) is 34.8 Å². The van der Waals surface area contributed by atoms with Crippen molar-refractivity contribution < 1.29 is 14.0 Å². The van der Waals surface area contributed by atoms with Gasteiger partial charge in [-0.2, -0.15) is 5.26 Å². The highest BCUT2D eigenvalue weighted by atomic mass is 16.7. The maximum Gasteiger partial charge on any atom is 0.497 e. The Hall–Kier alpha value is -2.59. The minimum Gasteiger partial charge on any atom is -0.399 e. The quantitative estimate of drug-likeness (QED) is 0.520. The molecule has 0 bridgehead atoms. The van der Waals surface area contributed by atoms with Crippen LogP contribution in [0.5, 0.6) is 0 Å². The van der Waals surface area contributed by atoms with Crippen molar-refractivity contribution in [2.45, 2.75) is 77.4 Å². The third-order valence-electron chi connectivity index (χ3n) is 7.63. The van der Waals surface area contributed by atoms with Gasteiger partial charge >= 0.3 is 7.12 Å². The van der Waals surface area contributed by atoms with Crippen molar-refractivity contribution in [2.24, 2.45) is 0 Å². The molecule has 2 fully saturated rings. The number of aryl methyl sites for hydroxylation is 1. The molecule has 1 saturated carbocycles. The monoisotopic (exact) mass is 442 g/mol. The maximum absolute atomic E-state index is 9.63. The Bertz CT molecular complexity index is 1200. The fourth-order valence-electron chi connectivity index (χ4n) is 4.70. The number of hydrogen-bond acceptors (Lipinski definition) is 4. The van der Waals surface area contributed by atoms with Crippen molar-refractivity contribution in [1.82, 2.24) is 4.57 Å². The highest BCUT2D eigenvalue weighted by Crippen LogP contribution is 2.40. The number of aromatic nitrogens is 1. The van der Waals surface area contributed by atoms with E-state index < -0.39 is 18.3 Å². The Morgan fingerprint density at radius 2 is 1.76 bits per heavy atom. The molecule has 0 atom stereocenters. The van der Waals surface area contributed by atoms with Crippen molar-refractivity contribution in [3.63, 3.8) is 0 Å². The molecule has 5 nitrogen and oxygen atoms in total. The van der Waals surface area contributed by atoms with Crippen molar-refractivity contribution in [3.8, 4) is 6.07 Å². The van der Waals surface area contributed by atoms with Gasteiger partial charge in [-0.25, -0.2) is 0 Å². The van der Waals surface area contributed by atoms with Gasteiger partial charge in [0.1, 0.15) is 0 Å². The third-order valence-corrected chi connectivity index (χ3v) is 7.63. The summed E-state index contributed by atoms with van der Waals surface area (Å²) in [5.41, 5.74) is 4.17. The van der Waals surface area contributed by atoms with Crippen LogP contribution >= 0.6 is 0 Å². The Morgan fingerprint density at radius 3 is 2.39 bits per heavy atom. The standard InChI is InChI=1S/C27H31BN2O3/c1-18-11-25-23(12-20(18)15-29)24(28-32-26(2,3)27(4,5)33-28)16-30(25)21-13-22(14-21)31-17-19-9-7-6-8-10-19/h6-12,16,21-22H,13-14,17H2,1-5H3. The lowest BCUT2D eigenvalue weighted by atomic mass is 9.78. The van der Waals surface area contributed by atoms with Crippen LogP contribution in [-0.4, -0.2) is 29.0 Å². The van der Waals surface area contributed by atoms with Crippen LogP contribution in [0.2, 0.25) is 0 Å². The summed E-state index contributed by atoms with van der Waals surface area (Å²) in [7, 11) is -0.460. The summed E-state index contributed by atoms with van der Waals surface area (Å²) in [6.45, 7) is 10.9. The molecular formula is C27H31BN2O3. The number of hydrogen-bond donors (Lipinski definition) is 0. The van der Waals surface area contributed by atoms with Crippen LogP contribution in [0.25, 0.3) is 10.9 Å². The summed E-state index contributed by atoms with van der Waals surface area (Å²) in [5, 5.41) is 10.7. The highest BCUT2D eigenvalue weighted by molar-refractivity contribution is 6.65. The molecule has 1 aliphatic heterocycles. The molecule has 170 valence electrons. The van der Waals surface area contributed by atoms with Crippen molar-refractivity contribution in [1.29, 1.82) is 5.26 Å². The summed E-state index contributed by atoms with van der Waals surface area (Å²) in [6.07, 6.45) is 4.37. The maximum atomic E-state index is 9.63. The summed E-state index contributed by atoms with van der Waals surface area (Å²) >= 11 is 0. The predicted molar refractivity (Wildman–Crippen MR) is 130 cm³/mol. The summed E-state index contributed by atoms with van der Waals surface area (Å²) in [6, 6.07) is 17.1. The van der Waals surface area contributed by atoms with E-state index >= 15 is 0 Å². The molecule has 1 aromatic heterocycles. The molecule has 0 unspecified atom stereocenters. The second kappa shape index (κ2) is 8.02. The van der Waals surface area contributed by atoms with E-state index in [1.807, 2.05) is 31.2 Å². The van der Waals surface area contributed by atoms with E-state index in [-0.39, 0.29) is 6.10 Å². The van der Waals surface area contributed by atoms with Gasteiger partial charge in [0, 0.05) is 28.6 Å².